The van der Waals surface area contributed by atoms with Crippen LogP contribution in [0.5, 0.6) is 0 Å². The number of benzene rings is 1. The maximum absolute atomic E-state index is 13.8. The Bertz CT molecular complexity index is 562. The van der Waals surface area contributed by atoms with Crippen LogP contribution < -0.4 is 5.32 Å². The van der Waals surface area contributed by atoms with E-state index in [2.05, 4.69) is 5.32 Å². The SMILES string of the molecule is COCc1c(CNC2CC2)sc2c(F)cccc12. The van der Waals surface area contributed by atoms with Crippen LogP contribution in [0.3, 0.4) is 0 Å². The van der Waals surface area contributed by atoms with Gasteiger partial charge in [-0.3, -0.25) is 0 Å². The van der Waals surface area contributed by atoms with E-state index in [1.807, 2.05) is 6.07 Å². The number of ether oxygens (including phenoxy) is 1. The molecule has 0 aliphatic heterocycles. The van der Waals surface area contributed by atoms with Crippen molar-refractivity contribution in [2.45, 2.75) is 32.0 Å². The maximum atomic E-state index is 13.8. The number of halogens is 1. The highest BCUT2D eigenvalue weighted by Crippen LogP contribution is 2.34. The van der Waals surface area contributed by atoms with Crippen LogP contribution in [-0.4, -0.2) is 13.2 Å². The minimum absolute atomic E-state index is 0.132. The van der Waals surface area contributed by atoms with E-state index in [-0.39, 0.29) is 5.82 Å². The van der Waals surface area contributed by atoms with Crippen LogP contribution in [0.1, 0.15) is 23.3 Å². The zero-order valence-electron chi connectivity index (χ0n) is 10.3. The Balaban J connectivity index is 1.98. The van der Waals surface area contributed by atoms with Gasteiger partial charge in [0.2, 0.25) is 0 Å². The molecule has 0 amide bonds. The van der Waals surface area contributed by atoms with Crippen LogP contribution in [0.4, 0.5) is 4.39 Å². The fraction of sp³-hybridized carbons (Fsp3) is 0.429. The van der Waals surface area contributed by atoms with Gasteiger partial charge in [0.1, 0.15) is 5.82 Å². The fourth-order valence-corrected chi connectivity index (χ4v) is 3.32. The normalized spacial score (nSPS) is 15.4. The summed E-state index contributed by atoms with van der Waals surface area (Å²) in [7, 11) is 1.68. The number of thiophene rings is 1. The molecular formula is C14H16FNOS. The molecular weight excluding hydrogens is 249 g/mol. The van der Waals surface area contributed by atoms with Gasteiger partial charge in [0.25, 0.3) is 0 Å². The van der Waals surface area contributed by atoms with Gasteiger partial charge in [-0.15, -0.1) is 11.3 Å². The Kier molecular flexibility index (Phi) is 3.33. The standard InChI is InChI=1S/C14H16FNOS/c1-17-8-11-10-3-2-4-12(15)14(10)18-13(11)7-16-9-5-6-9/h2-4,9,16H,5-8H2,1H3. The predicted octanol–water partition coefficient (Wildman–Crippen LogP) is 3.44. The van der Waals surface area contributed by atoms with Gasteiger partial charge in [-0.2, -0.15) is 0 Å². The van der Waals surface area contributed by atoms with Gasteiger partial charge >= 0.3 is 0 Å². The molecule has 96 valence electrons. The molecule has 3 rings (SSSR count). The van der Waals surface area contributed by atoms with E-state index in [4.69, 9.17) is 4.74 Å². The Morgan fingerprint density at radius 2 is 2.28 bits per heavy atom. The summed E-state index contributed by atoms with van der Waals surface area (Å²) < 4.78 is 19.8. The lowest BCUT2D eigenvalue weighted by Crippen LogP contribution is -2.15. The lowest BCUT2D eigenvalue weighted by atomic mass is 10.1. The molecule has 1 aromatic heterocycles. The molecule has 0 saturated heterocycles. The first-order valence-corrected chi connectivity index (χ1v) is 7.02. The molecule has 0 radical (unpaired) electrons. The number of methoxy groups -OCH3 is 1. The molecule has 1 aliphatic carbocycles. The highest BCUT2D eigenvalue weighted by atomic mass is 32.1. The summed E-state index contributed by atoms with van der Waals surface area (Å²) in [6.07, 6.45) is 2.53. The van der Waals surface area contributed by atoms with Crippen LogP contribution in [-0.2, 0) is 17.9 Å². The average Bonchev–Trinajstić information content (AvgIpc) is 3.12. The first-order valence-electron chi connectivity index (χ1n) is 6.20. The van der Waals surface area contributed by atoms with Gasteiger partial charge in [0, 0.05) is 35.5 Å². The van der Waals surface area contributed by atoms with Gasteiger partial charge in [-0.25, -0.2) is 4.39 Å². The van der Waals surface area contributed by atoms with Crippen molar-refractivity contribution in [2.75, 3.05) is 7.11 Å². The molecule has 1 heterocycles. The average molecular weight is 265 g/mol. The molecule has 1 fully saturated rings. The van der Waals surface area contributed by atoms with Crippen molar-refractivity contribution in [1.29, 1.82) is 0 Å². The van der Waals surface area contributed by atoms with Gasteiger partial charge in [-0.05, 0) is 18.9 Å². The zero-order valence-corrected chi connectivity index (χ0v) is 11.1. The summed E-state index contributed by atoms with van der Waals surface area (Å²) in [6.45, 7) is 1.37. The molecule has 18 heavy (non-hydrogen) atoms. The molecule has 2 nitrogen and oxygen atoms in total. The summed E-state index contributed by atoms with van der Waals surface area (Å²) in [5.41, 5.74) is 1.13. The summed E-state index contributed by atoms with van der Waals surface area (Å²) in [5.74, 6) is -0.132. The molecule has 0 spiro atoms. The minimum atomic E-state index is -0.132. The van der Waals surface area contributed by atoms with Gasteiger partial charge in [0.15, 0.2) is 0 Å². The second kappa shape index (κ2) is 4.96. The van der Waals surface area contributed by atoms with Crippen LogP contribution in [0.15, 0.2) is 18.2 Å². The van der Waals surface area contributed by atoms with E-state index in [1.165, 1.54) is 23.8 Å². The third kappa shape index (κ3) is 2.28. The van der Waals surface area contributed by atoms with Crippen molar-refractivity contribution in [3.05, 3.63) is 34.5 Å². The van der Waals surface area contributed by atoms with Crippen LogP contribution in [0, 0.1) is 5.82 Å². The molecule has 1 N–H and O–H groups in total. The summed E-state index contributed by atoms with van der Waals surface area (Å²) in [4.78, 5) is 1.20. The van der Waals surface area contributed by atoms with Crippen molar-refractivity contribution in [3.8, 4) is 0 Å². The Labute approximate surface area is 110 Å². The smallest absolute Gasteiger partial charge is 0.141 e. The third-order valence-electron chi connectivity index (χ3n) is 3.27. The molecule has 1 aromatic carbocycles. The van der Waals surface area contributed by atoms with Gasteiger partial charge in [0.05, 0.1) is 11.3 Å². The number of nitrogens with one attached hydrogen (secondary N) is 1. The molecule has 4 heteroatoms. The van der Waals surface area contributed by atoms with E-state index >= 15 is 0 Å². The lowest BCUT2D eigenvalue weighted by molar-refractivity contribution is 0.185. The second-order valence-corrected chi connectivity index (χ2v) is 5.81. The number of hydrogen-bond donors (Lipinski definition) is 1. The first-order chi connectivity index (χ1) is 8.79. The van der Waals surface area contributed by atoms with Crippen molar-refractivity contribution in [2.24, 2.45) is 0 Å². The van der Waals surface area contributed by atoms with Crippen LogP contribution in [0.2, 0.25) is 0 Å². The first kappa shape index (κ1) is 12.1. The van der Waals surface area contributed by atoms with Crippen LogP contribution >= 0.6 is 11.3 Å². The largest absolute Gasteiger partial charge is 0.380 e. The molecule has 1 aliphatic rings. The van der Waals surface area contributed by atoms with Crippen molar-refractivity contribution in [3.63, 3.8) is 0 Å². The summed E-state index contributed by atoms with van der Waals surface area (Å²) in [5, 5.41) is 4.48. The van der Waals surface area contributed by atoms with E-state index in [9.17, 15) is 4.39 Å². The highest BCUT2D eigenvalue weighted by molar-refractivity contribution is 7.19. The third-order valence-corrected chi connectivity index (χ3v) is 4.53. The lowest BCUT2D eigenvalue weighted by Gasteiger charge is -2.04. The number of fused-ring (bicyclic) bond motifs is 1. The Morgan fingerprint density at radius 3 is 3.00 bits per heavy atom. The zero-order chi connectivity index (χ0) is 12.5. The number of hydrogen-bond acceptors (Lipinski definition) is 3. The highest BCUT2D eigenvalue weighted by Gasteiger charge is 2.22. The molecule has 1 saturated carbocycles. The summed E-state index contributed by atoms with van der Waals surface area (Å²) in [6, 6.07) is 5.93. The molecule has 0 unspecified atom stereocenters. The van der Waals surface area contributed by atoms with E-state index in [0.29, 0.717) is 12.6 Å². The van der Waals surface area contributed by atoms with E-state index in [0.717, 1.165) is 22.2 Å². The van der Waals surface area contributed by atoms with E-state index < -0.39 is 0 Å². The van der Waals surface area contributed by atoms with Crippen LogP contribution in [0.25, 0.3) is 10.1 Å². The summed E-state index contributed by atoms with van der Waals surface area (Å²) >= 11 is 1.54. The maximum Gasteiger partial charge on any atom is 0.141 e. The second-order valence-electron chi connectivity index (χ2n) is 4.71. The topological polar surface area (TPSA) is 21.3 Å². The number of rotatable bonds is 5. The quantitative estimate of drug-likeness (QED) is 0.894. The van der Waals surface area contributed by atoms with Crippen molar-refractivity contribution < 1.29 is 9.13 Å². The van der Waals surface area contributed by atoms with E-state index in [1.54, 1.807) is 24.5 Å². The molecule has 0 bridgehead atoms. The Hall–Kier alpha value is -0.970. The molecule has 0 atom stereocenters. The fourth-order valence-electron chi connectivity index (χ4n) is 2.16. The minimum Gasteiger partial charge on any atom is -0.380 e. The predicted molar refractivity (Wildman–Crippen MR) is 72.4 cm³/mol. The van der Waals surface area contributed by atoms with Gasteiger partial charge < -0.3 is 10.1 Å². The van der Waals surface area contributed by atoms with Crippen molar-refractivity contribution in [1.82, 2.24) is 5.32 Å². The molecule has 2 aromatic rings. The van der Waals surface area contributed by atoms with Gasteiger partial charge in [-0.1, -0.05) is 12.1 Å². The van der Waals surface area contributed by atoms with Crippen molar-refractivity contribution >= 4 is 21.4 Å². The monoisotopic (exact) mass is 265 g/mol. The Morgan fingerprint density at radius 1 is 1.44 bits per heavy atom.